The summed E-state index contributed by atoms with van der Waals surface area (Å²) in [4.78, 5) is 46.4. The van der Waals surface area contributed by atoms with E-state index in [4.69, 9.17) is 14.5 Å². The molecule has 0 saturated carbocycles. The lowest BCUT2D eigenvalue weighted by Crippen LogP contribution is -2.42. The van der Waals surface area contributed by atoms with Crippen molar-refractivity contribution in [3.05, 3.63) is 76.0 Å². The fourth-order valence-electron chi connectivity index (χ4n) is 5.63. The molecule has 1 saturated heterocycles. The Morgan fingerprint density at radius 2 is 1.83 bits per heavy atom. The van der Waals surface area contributed by atoms with E-state index in [2.05, 4.69) is 20.6 Å². The number of amides is 2. The van der Waals surface area contributed by atoms with Crippen LogP contribution in [0.25, 0.3) is 16.7 Å². The molecular formula is C32H37F2N7O5. The predicted molar refractivity (Wildman–Crippen MR) is 169 cm³/mol. The third kappa shape index (κ3) is 6.71. The van der Waals surface area contributed by atoms with Crippen LogP contribution in [0, 0.1) is 18.6 Å². The molecule has 12 nitrogen and oxygen atoms in total. The van der Waals surface area contributed by atoms with Gasteiger partial charge in [0, 0.05) is 39.0 Å². The second-order valence-corrected chi connectivity index (χ2v) is 12.0. The van der Waals surface area contributed by atoms with Crippen molar-refractivity contribution in [2.75, 3.05) is 37.0 Å². The molecule has 2 aromatic carbocycles. The Bertz CT molecular complexity index is 1810. The topological polar surface area (TPSA) is 133 Å². The average Bonchev–Trinajstić information content (AvgIpc) is 3.58. The van der Waals surface area contributed by atoms with Crippen LogP contribution in [0.5, 0.6) is 0 Å². The molecule has 0 radical (unpaired) electrons. The van der Waals surface area contributed by atoms with Crippen LogP contribution < -0.4 is 21.1 Å². The molecule has 2 N–H and O–H groups in total. The SMILES string of the molecule is COCCn1c(C)nc2c(N3CCC[C@H]3CNC(=O)OC(C)(C)C)c(NC(=O)c3ccnn(-c4c(F)cccc4F)c3=O)ccc21. The van der Waals surface area contributed by atoms with Crippen LogP contribution in [-0.2, 0) is 16.0 Å². The number of fused-ring (bicyclic) bond motifs is 1. The summed E-state index contributed by atoms with van der Waals surface area (Å²) >= 11 is 0. The first-order chi connectivity index (χ1) is 21.9. The molecule has 4 aromatic rings. The molecule has 14 heteroatoms. The normalized spacial score (nSPS) is 14.9. The number of methoxy groups -OCH3 is 1. The van der Waals surface area contributed by atoms with Crippen LogP contribution in [0.4, 0.5) is 25.0 Å². The number of nitrogens with one attached hydrogen (secondary N) is 2. The number of aromatic nitrogens is 4. The zero-order chi connectivity index (χ0) is 33.2. The van der Waals surface area contributed by atoms with E-state index in [1.54, 1.807) is 33.9 Å². The maximum absolute atomic E-state index is 14.5. The molecule has 3 heterocycles. The lowest BCUT2D eigenvalue weighted by atomic mass is 10.1. The van der Waals surface area contributed by atoms with Crippen molar-refractivity contribution in [1.29, 1.82) is 0 Å². The van der Waals surface area contributed by atoms with E-state index in [-0.39, 0.29) is 18.2 Å². The number of imidazole rings is 1. The molecule has 2 aromatic heterocycles. The zero-order valence-corrected chi connectivity index (χ0v) is 26.4. The summed E-state index contributed by atoms with van der Waals surface area (Å²) in [6.45, 7) is 9.15. The van der Waals surface area contributed by atoms with E-state index in [1.807, 2.05) is 17.6 Å². The van der Waals surface area contributed by atoms with Gasteiger partial charge in [-0.25, -0.2) is 18.6 Å². The second-order valence-electron chi connectivity index (χ2n) is 12.0. The molecular weight excluding hydrogens is 600 g/mol. The van der Waals surface area contributed by atoms with Gasteiger partial charge >= 0.3 is 6.09 Å². The molecule has 244 valence electrons. The lowest BCUT2D eigenvalue weighted by Gasteiger charge is -2.30. The molecule has 0 bridgehead atoms. The minimum absolute atomic E-state index is 0.152. The quantitative estimate of drug-likeness (QED) is 0.273. The number of nitrogens with zero attached hydrogens (tertiary/aromatic N) is 5. The van der Waals surface area contributed by atoms with E-state index < -0.39 is 40.5 Å². The number of alkyl carbamates (subject to hydrolysis) is 1. The Balaban J connectivity index is 1.54. The Morgan fingerprint density at radius 1 is 1.09 bits per heavy atom. The van der Waals surface area contributed by atoms with Crippen molar-refractivity contribution in [2.45, 2.75) is 58.7 Å². The van der Waals surface area contributed by atoms with E-state index >= 15 is 0 Å². The highest BCUT2D eigenvalue weighted by Gasteiger charge is 2.31. The number of carbonyl (C=O) groups excluding carboxylic acids is 2. The zero-order valence-electron chi connectivity index (χ0n) is 26.4. The van der Waals surface area contributed by atoms with Crippen molar-refractivity contribution in [3.63, 3.8) is 0 Å². The number of halogens is 2. The van der Waals surface area contributed by atoms with Gasteiger partial charge in [0.2, 0.25) is 0 Å². The van der Waals surface area contributed by atoms with Gasteiger partial charge < -0.3 is 29.6 Å². The fourth-order valence-corrected chi connectivity index (χ4v) is 5.63. The minimum Gasteiger partial charge on any atom is -0.444 e. The monoisotopic (exact) mass is 637 g/mol. The summed E-state index contributed by atoms with van der Waals surface area (Å²) in [6, 6.07) is 7.76. The van der Waals surface area contributed by atoms with Crippen molar-refractivity contribution in [3.8, 4) is 5.69 Å². The molecule has 0 unspecified atom stereocenters. The highest BCUT2D eigenvalue weighted by Crippen LogP contribution is 2.39. The van der Waals surface area contributed by atoms with Gasteiger partial charge in [0.05, 0.1) is 23.5 Å². The largest absolute Gasteiger partial charge is 0.444 e. The molecule has 1 aliphatic rings. The number of ether oxygens (including phenoxy) is 2. The Hall–Kier alpha value is -4.85. The van der Waals surface area contributed by atoms with Crippen LogP contribution in [0.15, 0.2) is 47.4 Å². The van der Waals surface area contributed by atoms with Crippen LogP contribution in [0.3, 0.4) is 0 Å². The van der Waals surface area contributed by atoms with Crippen molar-refractivity contribution < 1.29 is 27.8 Å². The first kappa shape index (κ1) is 32.5. The van der Waals surface area contributed by atoms with E-state index in [0.29, 0.717) is 41.3 Å². The van der Waals surface area contributed by atoms with Crippen LogP contribution in [0.2, 0.25) is 0 Å². The Morgan fingerprint density at radius 3 is 2.52 bits per heavy atom. The molecule has 0 aliphatic carbocycles. The maximum atomic E-state index is 14.5. The number of carbonyl (C=O) groups is 2. The number of hydrogen-bond acceptors (Lipinski definition) is 8. The predicted octanol–water partition coefficient (Wildman–Crippen LogP) is 4.56. The first-order valence-electron chi connectivity index (χ1n) is 15.0. The molecule has 1 fully saturated rings. The van der Waals surface area contributed by atoms with Gasteiger partial charge in [0.25, 0.3) is 11.5 Å². The van der Waals surface area contributed by atoms with E-state index in [0.717, 1.165) is 42.5 Å². The third-order valence-electron chi connectivity index (χ3n) is 7.64. The van der Waals surface area contributed by atoms with E-state index in [1.165, 1.54) is 12.1 Å². The highest BCUT2D eigenvalue weighted by molar-refractivity contribution is 6.09. The first-order valence-corrected chi connectivity index (χ1v) is 15.0. The smallest absolute Gasteiger partial charge is 0.407 e. The molecule has 1 aliphatic heterocycles. The molecule has 0 spiro atoms. The van der Waals surface area contributed by atoms with Crippen LogP contribution in [-0.4, -0.2) is 69.8 Å². The molecule has 46 heavy (non-hydrogen) atoms. The van der Waals surface area contributed by atoms with Crippen molar-refractivity contribution in [2.24, 2.45) is 0 Å². The number of rotatable bonds is 9. The van der Waals surface area contributed by atoms with Gasteiger partial charge in [0.1, 0.15) is 28.2 Å². The van der Waals surface area contributed by atoms with Gasteiger partial charge in [-0.15, -0.1) is 0 Å². The van der Waals surface area contributed by atoms with Crippen molar-refractivity contribution in [1.82, 2.24) is 24.6 Å². The van der Waals surface area contributed by atoms with Crippen LogP contribution in [0.1, 0.15) is 49.8 Å². The van der Waals surface area contributed by atoms with Crippen molar-refractivity contribution >= 4 is 34.4 Å². The minimum atomic E-state index is -1.00. The fraction of sp³-hybridized carbons (Fsp3) is 0.406. The second kappa shape index (κ2) is 13.3. The third-order valence-corrected chi connectivity index (χ3v) is 7.64. The van der Waals surface area contributed by atoms with Gasteiger partial charge in [-0.05, 0) is 70.9 Å². The maximum Gasteiger partial charge on any atom is 0.407 e. The lowest BCUT2D eigenvalue weighted by molar-refractivity contribution is 0.0524. The number of para-hydroxylation sites is 1. The number of aryl methyl sites for hydroxylation is 1. The molecule has 1 atom stereocenters. The standard InChI is InChI=1S/C32H37F2N7O5/c1-19-37-26-25(39(19)16-17-45-5)12-11-24(28(26)40-15-7-8-20(40)18-35-31(44)46-32(2,3)4)38-29(42)21-13-14-36-41(30(21)43)27-22(33)9-6-10-23(27)34/h6,9-14,20H,7-8,15-18H2,1-5H3,(H,35,44)(H,38,42)/t20-/m0/s1. The average molecular weight is 638 g/mol. The summed E-state index contributed by atoms with van der Waals surface area (Å²) in [5.41, 5.74) is -0.268. The van der Waals surface area contributed by atoms with Gasteiger partial charge in [0.15, 0.2) is 11.6 Å². The summed E-state index contributed by atoms with van der Waals surface area (Å²) < 4.78 is 42.3. The Kier molecular flexibility index (Phi) is 9.37. The highest BCUT2D eigenvalue weighted by atomic mass is 19.1. The summed E-state index contributed by atoms with van der Waals surface area (Å²) in [5.74, 6) is -2.06. The number of anilines is 2. The summed E-state index contributed by atoms with van der Waals surface area (Å²) in [7, 11) is 1.62. The molecule has 2 amide bonds. The van der Waals surface area contributed by atoms with Gasteiger partial charge in [-0.1, -0.05) is 6.07 Å². The van der Waals surface area contributed by atoms with Gasteiger partial charge in [-0.3, -0.25) is 9.59 Å². The van der Waals surface area contributed by atoms with Gasteiger partial charge in [-0.2, -0.15) is 9.78 Å². The van der Waals surface area contributed by atoms with Crippen LogP contribution >= 0.6 is 0 Å². The number of hydrogen-bond donors (Lipinski definition) is 2. The van der Waals surface area contributed by atoms with E-state index in [9.17, 15) is 23.2 Å². The Labute approximate surface area is 264 Å². The summed E-state index contributed by atoms with van der Waals surface area (Å²) in [5, 5.41) is 9.50. The summed E-state index contributed by atoms with van der Waals surface area (Å²) in [6.07, 6.45) is 2.17. The number of benzene rings is 2. The molecule has 5 rings (SSSR count).